The van der Waals surface area contributed by atoms with Gasteiger partial charge in [-0.05, 0) is 41.8 Å². The second-order valence-electron chi connectivity index (χ2n) is 6.35. The summed E-state index contributed by atoms with van der Waals surface area (Å²) in [6.07, 6.45) is -0.743. The number of hydrogen-bond acceptors (Lipinski definition) is 6. The van der Waals surface area contributed by atoms with Crippen molar-refractivity contribution in [3.63, 3.8) is 0 Å². The number of carbonyl (C=O) groups is 3. The van der Waals surface area contributed by atoms with Gasteiger partial charge in [-0.15, -0.1) is 0 Å². The first-order chi connectivity index (χ1) is 14.3. The van der Waals surface area contributed by atoms with Crippen molar-refractivity contribution in [1.82, 2.24) is 5.32 Å². The molecule has 0 aliphatic rings. The van der Waals surface area contributed by atoms with Crippen LogP contribution in [0.25, 0.3) is 22.1 Å². The maximum atomic E-state index is 12.1. The molecule has 0 saturated heterocycles. The number of fused-ring (bicyclic) bond motifs is 1. The Morgan fingerprint density at radius 2 is 1.73 bits per heavy atom. The molecule has 1 atom stereocenters. The van der Waals surface area contributed by atoms with E-state index in [2.05, 4.69) is 5.32 Å². The Morgan fingerprint density at radius 1 is 1.03 bits per heavy atom. The minimum atomic E-state index is -1.54. The van der Waals surface area contributed by atoms with Crippen molar-refractivity contribution in [3.05, 3.63) is 65.0 Å². The van der Waals surface area contributed by atoms with Crippen molar-refractivity contribution in [3.8, 4) is 17.1 Å². The molecule has 9 nitrogen and oxygen atoms in total. The summed E-state index contributed by atoms with van der Waals surface area (Å²) in [5.41, 5.74) is 0.177. The van der Waals surface area contributed by atoms with Crippen LogP contribution in [0.2, 0.25) is 0 Å². The Balaban J connectivity index is 1.65. The van der Waals surface area contributed by atoms with Crippen molar-refractivity contribution < 1.29 is 33.8 Å². The fourth-order valence-corrected chi connectivity index (χ4v) is 2.75. The van der Waals surface area contributed by atoms with Crippen molar-refractivity contribution in [2.45, 2.75) is 12.5 Å². The van der Waals surface area contributed by atoms with Gasteiger partial charge in [0.15, 0.2) is 6.61 Å². The van der Waals surface area contributed by atoms with E-state index in [-0.39, 0.29) is 0 Å². The normalized spacial score (nSPS) is 11.6. The van der Waals surface area contributed by atoms with Gasteiger partial charge < -0.3 is 24.7 Å². The Kier molecular flexibility index (Phi) is 6.11. The Bertz CT molecular complexity index is 1150. The number of aliphatic carboxylic acids is 2. The predicted octanol–water partition coefficient (Wildman–Crippen LogP) is 1.88. The van der Waals surface area contributed by atoms with E-state index in [1.807, 2.05) is 6.07 Å². The van der Waals surface area contributed by atoms with Gasteiger partial charge in [-0.25, -0.2) is 9.59 Å². The van der Waals surface area contributed by atoms with Crippen LogP contribution in [-0.2, 0) is 14.4 Å². The van der Waals surface area contributed by atoms with E-state index in [1.54, 1.807) is 48.5 Å². The summed E-state index contributed by atoms with van der Waals surface area (Å²) in [5, 5.41) is 20.9. The van der Waals surface area contributed by atoms with Crippen LogP contribution in [0.5, 0.6) is 5.75 Å². The van der Waals surface area contributed by atoms with Crippen LogP contribution in [-0.4, -0.2) is 40.7 Å². The van der Waals surface area contributed by atoms with Crippen molar-refractivity contribution in [1.29, 1.82) is 0 Å². The van der Waals surface area contributed by atoms with Gasteiger partial charge in [-0.2, -0.15) is 0 Å². The molecule has 9 heteroatoms. The number of benzene rings is 2. The number of carboxylic acid groups (broad SMARTS) is 2. The summed E-state index contributed by atoms with van der Waals surface area (Å²) in [6, 6.07) is 13.7. The molecule has 1 unspecified atom stereocenters. The average Bonchev–Trinajstić information content (AvgIpc) is 2.72. The summed E-state index contributed by atoms with van der Waals surface area (Å²) in [4.78, 5) is 45.5. The molecule has 3 N–H and O–H groups in total. The maximum Gasteiger partial charge on any atom is 0.344 e. The van der Waals surface area contributed by atoms with Crippen LogP contribution < -0.4 is 15.7 Å². The summed E-state index contributed by atoms with van der Waals surface area (Å²) in [6.45, 7) is -0.492. The van der Waals surface area contributed by atoms with E-state index in [0.29, 0.717) is 22.5 Å². The topological polar surface area (TPSA) is 143 Å². The largest absolute Gasteiger partial charge is 0.484 e. The van der Waals surface area contributed by atoms with Crippen LogP contribution in [0.15, 0.2) is 63.8 Å². The molecule has 0 aliphatic carbocycles. The predicted molar refractivity (Wildman–Crippen MR) is 105 cm³/mol. The number of hydrogen-bond donors (Lipinski definition) is 3. The molecule has 3 rings (SSSR count). The first kappa shape index (κ1) is 20.6. The van der Waals surface area contributed by atoms with Crippen LogP contribution in [0.1, 0.15) is 6.42 Å². The van der Waals surface area contributed by atoms with Gasteiger partial charge in [0.05, 0.1) is 11.8 Å². The van der Waals surface area contributed by atoms with E-state index in [0.717, 1.165) is 5.39 Å². The number of amides is 1. The van der Waals surface area contributed by atoms with Gasteiger partial charge in [0, 0.05) is 5.56 Å². The zero-order valence-electron chi connectivity index (χ0n) is 15.5. The highest BCUT2D eigenvalue weighted by atomic mass is 16.5. The summed E-state index contributed by atoms with van der Waals surface area (Å²) in [7, 11) is 0. The van der Waals surface area contributed by atoms with Gasteiger partial charge >= 0.3 is 17.6 Å². The van der Waals surface area contributed by atoms with E-state index >= 15 is 0 Å². The maximum absolute atomic E-state index is 12.1. The zero-order chi connectivity index (χ0) is 21.7. The van der Waals surface area contributed by atoms with E-state index in [9.17, 15) is 19.2 Å². The second-order valence-corrected chi connectivity index (χ2v) is 6.35. The third kappa shape index (κ3) is 5.02. The standard InChI is InChI=1S/C21H17NO8/c23-18(22-16(20(26)27)10-19(24)25)11-29-14-7-5-12(6-8-14)17-9-13-3-1-2-4-15(13)21(28)30-17/h1-9,16H,10-11H2,(H,22,23)(H,24,25)(H,26,27). The molecule has 0 spiro atoms. The lowest BCUT2D eigenvalue weighted by molar-refractivity contribution is -0.147. The zero-order valence-corrected chi connectivity index (χ0v) is 15.5. The van der Waals surface area contributed by atoms with Crippen LogP contribution in [0.4, 0.5) is 0 Å². The molecule has 0 radical (unpaired) electrons. The van der Waals surface area contributed by atoms with Crippen LogP contribution in [0, 0.1) is 0 Å². The molecule has 0 bridgehead atoms. The third-order valence-electron chi connectivity index (χ3n) is 4.19. The Labute approximate surface area is 169 Å². The highest BCUT2D eigenvalue weighted by Gasteiger charge is 2.23. The van der Waals surface area contributed by atoms with Gasteiger partial charge in [-0.3, -0.25) is 9.59 Å². The third-order valence-corrected chi connectivity index (χ3v) is 4.19. The summed E-state index contributed by atoms with van der Waals surface area (Å²) in [5.74, 6) is -2.87. The van der Waals surface area contributed by atoms with E-state index < -0.39 is 42.5 Å². The molecular formula is C21H17NO8. The molecule has 1 aromatic heterocycles. The first-order valence-corrected chi connectivity index (χ1v) is 8.83. The van der Waals surface area contributed by atoms with Gasteiger partial charge in [0.2, 0.25) is 0 Å². The molecule has 0 aliphatic heterocycles. The Morgan fingerprint density at radius 3 is 2.40 bits per heavy atom. The fourth-order valence-electron chi connectivity index (χ4n) is 2.75. The number of nitrogens with one attached hydrogen (secondary N) is 1. The second kappa shape index (κ2) is 8.91. The lowest BCUT2D eigenvalue weighted by Crippen LogP contribution is -2.44. The molecule has 2 aromatic carbocycles. The van der Waals surface area contributed by atoms with Gasteiger partial charge in [0.1, 0.15) is 17.6 Å². The van der Waals surface area contributed by atoms with E-state index in [4.69, 9.17) is 19.4 Å². The molecule has 0 fully saturated rings. The molecule has 0 saturated carbocycles. The molecule has 1 heterocycles. The van der Waals surface area contributed by atoms with Gasteiger partial charge in [-0.1, -0.05) is 18.2 Å². The minimum absolute atomic E-state index is 0.321. The molecule has 30 heavy (non-hydrogen) atoms. The minimum Gasteiger partial charge on any atom is -0.484 e. The smallest absolute Gasteiger partial charge is 0.344 e. The molecule has 1 amide bonds. The Hall–Kier alpha value is -4.14. The average molecular weight is 411 g/mol. The lowest BCUT2D eigenvalue weighted by atomic mass is 10.1. The number of carboxylic acids is 2. The van der Waals surface area contributed by atoms with Crippen LogP contribution >= 0.6 is 0 Å². The molecule has 3 aromatic rings. The fraction of sp³-hybridized carbons (Fsp3) is 0.143. The van der Waals surface area contributed by atoms with Crippen molar-refractivity contribution in [2.24, 2.45) is 0 Å². The number of rotatable bonds is 8. The SMILES string of the molecule is O=C(O)CC(NC(=O)COc1ccc(-c2cc3ccccc3c(=O)o2)cc1)C(=O)O. The molecular weight excluding hydrogens is 394 g/mol. The molecule has 154 valence electrons. The highest BCUT2D eigenvalue weighted by molar-refractivity contribution is 5.87. The number of carbonyl (C=O) groups excluding carboxylic acids is 1. The quantitative estimate of drug-likeness (QED) is 0.510. The van der Waals surface area contributed by atoms with E-state index in [1.165, 1.54) is 0 Å². The summed E-state index contributed by atoms with van der Waals surface area (Å²) >= 11 is 0. The van der Waals surface area contributed by atoms with Crippen molar-refractivity contribution >= 4 is 28.6 Å². The first-order valence-electron chi connectivity index (χ1n) is 8.83. The summed E-state index contributed by atoms with van der Waals surface area (Å²) < 4.78 is 10.6. The van der Waals surface area contributed by atoms with Crippen LogP contribution in [0.3, 0.4) is 0 Å². The van der Waals surface area contributed by atoms with Gasteiger partial charge in [0.25, 0.3) is 5.91 Å². The number of ether oxygens (including phenoxy) is 1. The van der Waals surface area contributed by atoms with Crippen molar-refractivity contribution in [2.75, 3.05) is 6.61 Å². The lowest BCUT2D eigenvalue weighted by Gasteiger charge is -2.13. The highest BCUT2D eigenvalue weighted by Crippen LogP contribution is 2.24. The monoisotopic (exact) mass is 411 g/mol.